The number of rotatable bonds is 5. The molecule has 0 fully saturated rings. The summed E-state index contributed by atoms with van der Waals surface area (Å²) in [7, 11) is 0. The first kappa shape index (κ1) is 30.3. The van der Waals surface area contributed by atoms with E-state index in [1.165, 1.54) is 33.4 Å². The lowest BCUT2D eigenvalue weighted by molar-refractivity contribution is 0.660. The molecule has 52 heavy (non-hydrogen) atoms. The molecule has 1 aliphatic rings. The Labute approximate surface area is 302 Å². The van der Waals surface area contributed by atoms with Crippen molar-refractivity contribution in [3.63, 3.8) is 0 Å². The molecule has 0 spiro atoms. The first-order valence-electron chi connectivity index (χ1n) is 17.8. The van der Waals surface area contributed by atoms with E-state index in [-0.39, 0.29) is 5.41 Å². The summed E-state index contributed by atoms with van der Waals surface area (Å²) in [6.45, 7) is 4.66. The number of aromatic nitrogens is 2. The van der Waals surface area contributed by atoms with Crippen LogP contribution in [0.3, 0.4) is 0 Å². The molecule has 0 bridgehead atoms. The SMILES string of the molecule is CC1(C)c2ccccc2-c2ccc(-c3ccc(-c4cc(-c5ccc(-c6ccc7oc8ccccc8c7c6)cc5)nc(-c5ccccc5)n4)cc3)cc21. The van der Waals surface area contributed by atoms with Gasteiger partial charge in [0, 0.05) is 32.9 Å². The van der Waals surface area contributed by atoms with E-state index < -0.39 is 0 Å². The number of fused-ring (bicyclic) bond motifs is 6. The van der Waals surface area contributed by atoms with E-state index in [0.29, 0.717) is 5.82 Å². The quantitative estimate of drug-likeness (QED) is 0.183. The smallest absolute Gasteiger partial charge is 0.160 e. The molecule has 1 aliphatic carbocycles. The third-order valence-electron chi connectivity index (χ3n) is 10.7. The topological polar surface area (TPSA) is 38.9 Å². The fourth-order valence-corrected chi connectivity index (χ4v) is 7.92. The maximum Gasteiger partial charge on any atom is 0.160 e. The number of para-hydroxylation sites is 1. The number of nitrogens with zero attached hydrogens (tertiary/aromatic N) is 2. The van der Waals surface area contributed by atoms with Gasteiger partial charge < -0.3 is 4.42 Å². The lowest BCUT2D eigenvalue weighted by Crippen LogP contribution is -2.14. The van der Waals surface area contributed by atoms with Crippen molar-refractivity contribution in [3.05, 3.63) is 181 Å². The summed E-state index contributed by atoms with van der Waals surface area (Å²) < 4.78 is 6.06. The van der Waals surface area contributed by atoms with Gasteiger partial charge in [0.1, 0.15) is 11.2 Å². The van der Waals surface area contributed by atoms with Crippen molar-refractivity contribution in [2.45, 2.75) is 19.3 Å². The molecule has 9 aromatic rings. The zero-order chi connectivity index (χ0) is 34.8. The van der Waals surface area contributed by atoms with Gasteiger partial charge in [0.05, 0.1) is 11.4 Å². The van der Waals surface area contributed by atoms with E-state index in [4.69, 9.17) is 14.4 Å². The summed E-state index contributed by atoms with van der Waals surface area (Å²) in [5, 5.41) is 2.26. The molecule has 10 rings (SSSR count). The predicted octanol–water partition coefficient (Wildman–Crippen LogP) is 13.0. The van der Waals surface area contributed by atoms with E-state index in [1.54, 1.807) is 0 Å². The Bertz CT molecular complexity index is 2790. The zero-order valence-corrected chi connectivity index (χ0v) is 29.0. The van der Waals surface area contributed by atoms with Crippen molar-refractivity contribution in [3.8, 4) is 67.3 Å². The fourth-order valence-electron chi connectivity index (χ4n) is 7.92. The molecule has 3 nitrogen and oxygen atoms in total. The molecule has 0 atom stereocenters. The second-order valence-corrected chi connectivity index (χ2v) is 14.2. The summed E-state index contributed by atoms with van der Waals surface area (Å²) in [5.74, 6) is 0.707. The van der Waals surface area contributed by atoms with E-state index >= 15 is 0 Å². The van der Waals surface area contributed by atoms with Gasteiger partial charge >= 0.3 is 0 Å². The van der Waals surface area contributed by atoms with Crippen molar-refractivity contribution < 1.29 is 4.42 Å². The molecule has 246 valence electrons. The molecular formula is C49H34N2O. The first-order valence-corrected chi connectivity index (χ1v) is 17.8. The lowest BCUT2D eigenvalue weighted by atomic mass is 9.81. The molecule has 0 aliphatic heterocycles. The van der Waals surface area contributed by atoms with Crippen LogP contribution in [-0.2, 0) is 5.41 Å². The zero-order valence-electron chi connectivity index (χ0n) is 29.0. The van der Waals surface area contributed by atoms with Crippen molar-refractivity contribution in [2.24, 2.45) is 0 Å². The second kappa shape index (κ2) is 11.8. The van der Waals surface area contributed by atoms with Crippen LogP contribution in [0.2, 0.25) is 0 Å². The molecule has 0 saturated carbocycles. The Morgan fingerprint density at radius 3 is 1.65 bits per heavy atom. The minimum absolute atomic E-state index is 0.0341. The molecule has 0 unspecified atom stereocenters. The number of benzene rings is 7. The van der Waals surface area contributed by atoms with E-state index in [1.807, 2.05) is 30.3 Å². The average Bonchev–Trinajstić information content (AvgIpc) is 3.69. The molecule has 0 saturated heterocycles. The molecule has 0 N–H and O–H groups in total. The van der Waals surface area contributed by atoms with Crippen LogP contribution in [0.25, 0.3) is 89.2 Å². The highest BCUT2D eigenvalue weighted by Crippen LogP contribution is 2.49. The average molecular weight is 667 g/mol. The molecule has 0 amide bonds. The molecular weight excluding hydrogens is 633 g/mol. The van der Waals surface area contributed by atoms with Crippen molar-refractivity contribution in [2.75, 3.05) is 0 Å². The van der Waals surface area contributed by atoms with Gasteiger partial charge in [0.15, 0.2) is 5.82 Å². The highest BCUT2D eigenvalue weighted by molar-refractivity contribution is 6.06. The molecule has 3 heteroatoms. The van der Waals surface area contributed by atoms with Crippen LogP contribution >= 0.6 is 0 Å². The van der Waals surface area contributed by atoms with Crippen LogP contribution in [0.4, 0.5) is 0 Å². The fraction of sp³-hybridized carbons (Fsp3) is 0.0612. The number of hydrogen-bond donors (Lipinski definition) is 0. The highest BCUT2D eigenvalue weighted by Gasteiger charge is 2.35. The minimum atomic E-state index is -0.0341. The molecule has 2 aromatic heterocycles. The van der Waals surface area contributed by atoms with Gasteiger partial charge in [-0.25, -0.2) is 9.97 Å². The third kappa shape index (κ3) is 4.97. The Hall–Kier alpha value is -6.58. The van der Waals surface area contributed by atoms with Gasteiger partial charge in [-0.2, -0.15) is 0 Å². The minimum Gasteiger partial charge on any atom is -0.456 e. The predicted molar refractivity (Wildman–Crippen MR) is 214 cm³/mol. The van der Waals surface area contributed by atoms with Gasteiger partial charge in [-0.15, -0.1) is 0 Å². The van der Waals surface area contributed by atoms with Crippen LogP contribution in [0.1, 0.15) is 25.0 Å². The van der Waals surface area contributed by atoms with Gasteiger partial charge in [0.2, 0.25) is 0 Å². The van der Waals surface area contributed by atoms with Crippen molar-refractivity contribution >= 4 is 21.9 Å². The number of furan rings is 1. The highest BCUT2D eigenvalue weighted by atomic mass is 16.3. The van der Waals surface area contributed by atoms with E-state index in [0.717, 1.165) is 61.1 Å². The monoisotopic (exact) mass is 666 g/mol. The second-order valence-electron chi connectivity index (χ2n) is 14.2. The summed E-state index contributed by atoms with van der Waals surface area (Å²) in [6, 6.07) is 60.1. The van der Waals surface area contributed by atoms with Crippen LogP contribution in [0, 0.1) is 0 Å². The van der Waals surface area contributed by atoms with E-state index in [9.17, 15) is 0 Å². The maximum atomic E-state index is 6.06. The van der Waals surface area contributed by atoms with Crippen LogP contribution in [-0.4, -0.2) is 9.97 Å². The van der Waals surface area contributed by atoms with Gasteiger partial charge in [-0.1, -0.05) is 153 Å². The van der Waals surface area contributed by atoms with Gasteiger partial charge in [-0.3, -0.25) is 0 Å². The van der Waals surface area contributed by atoms with Gasteiger partial charge in [0.25, 0.3) is 0 Å². The maximum absolute atomic E-state index is 6.06. The molecule has 2 heterocycles. The molecule has 7 aromatic carbocycles. The Morgan fingerprint density at radius 1 is 0.385 bits per heavy atom. The summed E-state index contributed by atoms with van der Waals surface area (Å²) >= 11 is 0. The lowest BCUT2D eigenvalue weighted by Gasteiger charge is -2.22. The van der Waals surface area contributed by atoms with E-state index in [2.05, 4.69) is 153 Å². The standard InChI is InChI=1S/C49H34N2O/c1-49(2)42-14-8-6-12-38(42)39-26-24-37(29-43(39)49)32-18-22-34(23-19-32)45-30-44(50-48(51-45)35-10-4-3-5-11-35)33-20-16-31(17-21-33)36-25-27-47-41(28-36)40-13-7-9-15-46(40)52-47/h3-30H,1-2H3. The van der Waals surface area contributed by atoms with Crippen molar-refractivity contribution in [1.82, 2.24) is 9.97 Å². The van der Waals surface area contributed by atoms with Crippen LogP contribution in [0.5, 0.6) is 0 Å². The molecule has 0 radical (unpaired) electrons. The van der Waals surface area contributed by atoms with Crippen LogP contribution in [0.15, 0.2) is 174 Å². The Balaban J connectivity index is 0.997. The van der Waals surface area contributed by atoms with Crippen molar-refractivity contribution in [1.29, 1.82) is 0 Å². The summed E-state index contributed by atoms with van der Waals surface area (Å²) in [6.07, 6.45) is 0. The number of hydrogen-bond acceptors (Lipinski definition) is 3. The Morgan fingerprint density at radius 2 is 0.923 bits per heavy atom. The largest absolute Gasteiger partial charge is 0.456 e. The Kier molecular flexibility index (Phi) is 6.84. The van der Waals surface area contributed by atoms with Gasteiger partial charge in [-0.05, 0) is 74.8 Å². The van der Waals surface area contributed by atoms with Crippen LogP contribution < -0.4 is 0 Å². The first-order chi connectivity index (χ1) is 25.5. The summed E-state index contributed by atoms with van der Waals surface area (Å²) in [4.78, 5) is 10.2. The summed E-state index contributed by atoms with van der Waals surface area (Å²) in [5.41, 5.74) is 16.8. The normalized spacial score (nSPS) is 13.0. The third-order valence-corrected chi connectivity index (χ3v) is 10.7.